The smallest absolute Gasteiger partial charge is 0.363 e. The summed E-state index contributed by atoms with van der Waals surface area (Å²) in [6.07, 6.45) is 0.717. The van der Waals surface area contributed by atoms with Crippen molar-refractivity contribution in [1.82, 2.24) is 9.80 Å². The number of benzene rings is 2. The molecule has 39 heavy (non-hydrogen) atoms. The first-order chi connectivity index (χ1) is 18.6. The van der Waals surface area contributed by atoms with E-state index in [1.165, 1.54) is 17.7 Å². The predicted molar refractivity (Wildman–Crippen MR) is 135 cm³/mol. The van der Waals surface area contributed by atoms with E-state index in [0.29, 0.717) is 25.0 Å². The summed E-state index contributed by atoms with van der Waals surface area (Å²) in [7, 11) is 0. The van der Waals surface area contributed by atoms with E-state index in [2.05, 4.69) is 4.90 Å². The molecule has 3 fully saturated rings. The Kier molecular flexibility index (Phi) is 6.94. The van der Waals surface area contributed by atoms with Crippen LogP contribution in [-0.4, -0.2) is 53.6 Å². The van der Waals surface area contributed by atoms with E-state index in [9.17, 15) is 26.7 Å². The van der Waals surface area contributed by atoms with E-state index in [1.807, 2.05) is 12.1 Å². The van der Waals surface area contributed by atoms with Crippen molar-refractivity contribution in [2.75, 3.05) is 26.2 Å². The minimum atomic E-state index is -4.65. The second kappa shape index (κ2) is 10.1. The normalized spacial score (nSPS) is 26.9. The van der Waals surface area contributed by atoms with Gasteiger partial charge in [-0.3, -0.25) is 9.69 Å². The molecule has 4 nitrogen and oxygen atoms in total. The molecule has 1 amide bonds. The van der Waals surface area contributed by atoms with Crippen molar-refractivity contribution < 1.29 is 31.5 Å². The van der Waals surface area contributed by atoms with Gasteiger partial charge < -0.3 is 9.64 Å². The van der Waals surface area contributed by atoms with Crippen molar-refractivity contribution in [3.8, 4) is 0 Å². The van der Waals surface area contributed by atoms with Crippen LogP contribution >= 0.6 is 0 Å². The lowest BCUT2D eigenvalue weighted by Gasteiger charge is -2.46. The van der Waals surface area contributed by atoms with Gasteiger partial charge in [0, 0.05) is 19.1 Å². The molecule has 210 valence electrons. The van der Waals surface area contributed by atoms with Crippen LogP contribution in [0.3, 0.4) is 0 Å². The maximum atomic E-state index is 14.5. The van der Waals surface area contributed by atoms with Crippen LogP contribution in [-0.2, 0) is 28.7 Å². The van der Waals surface area contributed by atoms with E-state index in [0.717, 1.165) is 51.3 Å². The zero-order valence-corrected chi connectivity index (χ0v) is 21.8. The molecule has 0 spiro atoms. The minimum Gasteiger partial charge on any atom is -0.363 e. The van der Waals surface area contributed by atoms with Gasteiger partial charge in [0.15, 0.2) is 0 Å². The first-order valence-corrected chi connectivity index (χ1v) is 14.0. The van der Waals surface area contributed by atoms with Gasteiger partial charge in [-0.15, -0.1) is 0 Å². The Morgan fingerprint density at radius 3 is 2.28 bits per heavy atom. The number of carbonyl (C=O) groups excluding carboxylic acids is 1. The highest BCUT2D eigenvalue weighted by molar-refractivity contribution is 5.86. The molecule has 2 atom stereocenters. The summed E-state index contributed by atoms with van der Waals surface area (Å²) in [5.41, 5.74) is -0.308. The lowest BCUT2D eigenvalue weighted by molar-refractivity contribution is -0.177. The van der Waals surface area contributed by atoms with Crippen molar-refractivity contribution in [2.24, 2.45) is 5.92 Å². The Morgan fingerprint density at radius 2 is 1.67 bits per heavy atom. The van der Waals surface area contributed by atoms with E-state index < -0.39 is 23.2 Å². The quantitative estimate of drug-likeness (QED) is 0.435. The van der Waals surface area contributed by atoms with Crippen LogP contribution in [0.1, 0.15) is 66.7 Å². The summed E-state index contributed by atoms with van der Waals surface area (Å²) in [6.45, 7) is 2.51. The van der Waals surface area contributed by atoms with Crippen LogP contribution in [0.4, 0.5) is 22.0 Å². The Morgan fingerprint density at radius 1 is 0.949 bits per heavy atom. The summed E-state index contributed by atoms with van der Waals surface area (Å²) in [5.74, 6) is -0.722. The fourth-order valence-corrected chi connectivity index (χ4v) is 6.87. The zero-order valence-electron chi connectivity index (χ0n) is 21.8. The number of nitrogens with zero attached hydrogens (tertiary/aromatic N) is 2. The Hall–Kier alpha value is -2.52. The molecule has 3 aliphatic heterocycles. The average Bonchev–Trinajstić information content (AvgIpc) is 3.79. The number of fused-ring (bicyclic) bond motifs is 1. The fourth-order valence-electron chi connectivity index (χ4n) is 6.87. The fraction of sp³-hybridized carbons (Fsp3) is 0.567. The van der Waals surface area contributed by atoms with Gasteiger partial charge in [-0.1, -0.05) is 12.1 Å². The second-order valence-electron chi connectivity index (χ2n) is 11.6. The van der Waals surface area contributed by atoms with Crippen molar-refractivity contribution >= 4 is 5.91 Å². The molecule has 1 aliphatic carbocycles. The third kappa shape index (κ3) is 5.20. The van der Waals surface area contributed by atoms with Crippen LogP contribution in [0, 0.1) is 17.6 Å². The number of likely N-dealkylation sites (tertiary alicyclic amines) is 1. The summed E-state index contributed by atoms with van der Waals surface area (Å²) in [4.78, 5) is 17.9. The number of rotatable bonds is 4. The monoisotopic (exact) mass is 548 g/mol. The van der Waals surface area contributed by atoms with Crippen LogP contribution in [0.15, 0.2) is 36.4 Å². The lowest BCUT2D eigenvalue weighted by Crippen LogP contribution is -2.58. The minimum absolute atomic E-state index is 0.0346. The first-order valence-electron chi connectivity index (χ1n) is 14.0. The van der Waals surface area contributed by atoms with E-state index in [-0.39, 0.29) is 54.3 Å². The molecule has 1 saturated carbocycles. The summed E-state index contributed by atoms with van der Waals surface area (Å²) in [6, 6.07) is 8.50. The maximum absolute atomic E-state index is 14.5. The van der Waals surface area contributed by atoms with Crippen LogP contribution < -0.4 is 0 Å². The third-order valence-corrected chi connectivity index (χ3v) is 9.26. The molecule has 0 radical (unpaired) electrons. The summed E-state index contributed by atoms with van der Waals surface area (Å²) >= 11 is 0. The number of hydrogen-bond acceptors (Lipinski definition) is 3. The van der Waals surface area contributed by atoms with Gasteiger partial charge in [0.25, 0.3) is 5.91 Å². The second-order valence-corrected chi connectivity index (χ2v) is 11.6. The van der Waals surface area contributed by atoms with Crippen LogP contribution in [0.2, 0.25) is 0 Å². The number of piperidine rings is 1. The van der Waals surface area contributed by atoms with E-state index in [1.54, 1.807) is 4.90 Å². The Balaban J connectivity index is 1.10. The molecule has 0 unspecified atom stereocenters. The van der Waals surface area contributed by atoms with E-state index >= 15 is 0 Å². The SMILES string of the molecule is O=C(N1CCc2c(F)cc(C(F)(F)F)cc2C1)[C@@]1(C2CC2)CC[C@@H](N2CCC(c3ccc(F)cc3)CC2)CO1. The molecule has 0 N–H and O–H groups in total. The van der Waals surface area contributed by atoms with Gasteiger partial charge in [0.1, 0.15) is 17.2 Å². The highest BCUT2D eigenvalue weighted by Gasteiger charge is 2.56. The standard InChI is InChI=1S/C30H33F5N2O2/c31-24-5-1-19(2-6-24)20-8-12-36(13-9-20)25-7-11-29(39-18-25,22-3-4-22)28(38)37-14-10-26-21(17-37)15-23(16-27(26)32)30(33,34)35/h1-2,5-6,15-16,20,22,25H,3-4,7-14,17-18H2/t25-,29+/m1/s1. The highest BCUT2D eigenvalue weighted by atomic mass is 19.4. The van der Waals surface area contributed by atoms with Crippen molar-refractivity contribution in [1.29, 1.82) is 0 Å². The molecule has 3 heterocycles. The Labute approximate surface area is 225 Å². The molecule has 0 bridgehead atoms. The highest BCUT2D eigenvalue weighted by Crippen LogP contribution is 2.49. The van der Waals surface area contributed by atoms with Gasteiger partial charge in [-0.05, 0) is 111 Å². The molecule has 0 aromatic heterocycles. The molecule has 9 heteroatoms. The number of halogens is 5. The molecule has 2 aromatic carbocycles. The van der Waals surface area contributed by atoms with Gasteiger partial charge in [-0.25, -0.2) is 8.78 Å². The molecule has 4 aliphatic rings. The van der Waals surface area contributed by atoms with Crippen molar-refractivity contribution in [3.63, 3.8) is 0 Å². The molecule has 2 aromatic rings. The molecular formula is C30H33F5N2O2. The van der Waals surface area contributed by atoms with Gasteiger partial charge in [0.2, 0.25) is 0 Å². The molecule has 6 rings (SSSR count). The lowest BCUT2D eigenvalue weighted by atomic mass is 9.83. The topological polar surface area (TPSA) is 32.8 Å². The summed E-state index contributed by atoms with van der Waals surface area (Å²) in [5, 5.41) is 0. The third-order valence-electron chi connectivity index (χ3n) is 9.26. The van der Waals surface area contributed by atoms with E-state index in [4.69, 9.17) is 4.74 Å². The van der Waals surface area contributed by atoms with Gasteiger partial charge in [0.05, 0.1) is 12.2 Å². The number of alkyl halides is 3. The van der Waals surface area contributed by atoms with Gasteiger partial charge in [-0.2, -0.15) is 13.2 Å². The predicted octanol–water partition coefficient (Wildman–Crippen LogP) is 6.08. The van der Waals surface area contributed by atoms with Gasteiger partial charge >= 0.3 is 6.18 Å². The number of amides is 1. The largest absolute Gasteiger partial charge is 0.416 e. The first kappa shape index (κ1) is 26.7. The zero-order chi connectivity index (χ0) is 27.4. The average molecular weight is 549 g/mol. The van der Waals surface area contributed by atoms with Crippen molar-refractivity contribution in [2.45, 2.75) is 75.2 Å². The summed E-state index contributed by atoms with van der Waals surface area (Å²) < 4.78 is 74.1. The Bertz CT molecular complexity index is 1210. The van der Waals surface area contributed by atoms with Crippen molar-refractivity contribution in [3.05, 3.63) is 70.3 Å². The van der Waals surface area contributed by atoms with Crippen LogP contribution in [0.25, 0.3) is 0 Å². The molecular weight excluding hydrogens is 515 g/mol. The number of ether oxygens (including phenoxy) is 1. The number of carbonyl (C=O) groups is 1. The maximum Gasteiger partial charge on any atom is 0.416 e. The van der Waals surface area contributed by atoms with Crippen LogP contribution in [0.5, 0.6) is 0 Å². The molecule has 2 saturated heterocycles. The number of hydrogen-bond donors (Lipinski definition) is 0.